The maximum absolute atomic E-state index is 12.3. The number of carbonyl (C=O) groups excluding carboxylic acids is 1. The van der Waals surface area contributed by atoms with Gasteiger partial charge in [-0.15, -0.1) is 0 Å². The molecule has 1 aromatic heterocycles. The highest BCUT2D eigenvalue weighted by Crippen LogP contribution is 2.30. The Balaban J connectivity index is 1.33. The monoisotopic (exact) mass is 457 g/mol. The molecular weight excluding hydrogens is 438 g/mol. The fourth-order valence-electron chi connectivity index (χ4n) is 3.31. The highest BCUT2D eigenvalue weighted by Gasteiger charge is 2.25. The molecule has 0 unspecified atom stereocenters. The molecule has 3 aromatic rings. The standard InChI is InChI=1S/C21H20BrN3O4/c22-17-11-18-16(20(26)24-13-23-18)10-19(17)29-15-6-8-25(9-7-15)21(27)28-12-14-4-2-1-3-5-14/h1-5,10-11,13,15H,6-9,12H2,(H,23,24,26). The molecule has 29 heavy (non-hydrogen) atoms. The maximum Gasteiger partial charge on any atom is 0.410 e. The van der Waals surface area contributed by atoms with Gasteiger partial charge in [0.25, 0.3) is 5.56 Å². The van der Waals surface area contributed by atoms with Gasteiger partial charge in [-0.1, -0.05) is 30.3 Å². The van der Waals surface area contributed by atoms with Crippen molar-refractivity contribution in [2.45, 2.75) is 25.6 Å². The lowest BCUT2D eigenvalue weighted by Gasteiger charge is -2.31. The van der Waals surface area contributed by atoms with Crippen LogP contribution in [0, 0.1) is 0 Å². The number of amides is 1. The van der Waals surface area contributed by atoms with Crippen LogP contribution < -0.4 is 10.3 Å². The van der Waals surface area contributed by atoms with E-state index in [1.165, 1.54) is 6.33 Å². The SMILES string of the molecule is O=C(OCc1ccccc1)N1CCC(Oc2cc3c(=O)[nH]cnc3cc2Br)CC1. The van der Waals surface area contributed by atoms with Crippen molar-refractivity contribution in [3.05, 3.63) is 69.2 Å². The van der Waals surface area contributed by atoms with Gasteiger partial charge in [-0.3, -0.25) is 4.79 Å². The van der Waals surface area contributed by atoms with Gasteiger partial charge < -0.3 is 19.4 Å². The molecule has 2 aromatic carbocycles. The van der Waals surface area contributed by atoms with Crippen LogP contribution in [0.4, 0.5) is 4.79 Å². The minimum absolute atomic E-state index is 0.0438. The van der Waals surface area contributed by atoms with Crippen LogP contribution >= 0.6 is 15.9 Å². The number of piperidine rings is 1. The average molecular weight is 458 g/mol. The summed E-state index contributed by atoms with van der Waals surface area (Å²) in [4.78, 5) is 32.7. The Morgan fingerprint density at radius 2 is 1.97 bits per heavy atom. The first-order valence-corrected chi connectivity index (χ1v) is 10.2. The molecule has 8 heteroatoms. The number of ether oxygens (including phenoxy) is 2. The summed E-state index contributed by atoms with van der Waals surface area (Å²) in [6.45, 7) is 1.39. The van der Waals surface area contributed by atoms with Gasteiger partial charge in [0.05, 0.1) is 21.7 Å². The van der Waals surface area contributed by atoms with Crippen molar-refractivity contribution in [3.8, 4) is 5.75 Å². The molecule has 7 nitrogen and oxygen atoms in total. The summed E-state index contributed by atoms with van der Waals surface area (Å²) in [6, 6.07) is 13.1. The molecule has 0 radical (unpaired) electrons. The van der Waals surface area contributed by atoms with Crippen LogP contribution in [0.1, 0.15) is 18.4 Å². The van der Waals surface area contributed by atoms with E-state index in [-0.39, 0.29) is 24.4 Å². The van der Waals surface area contributed by atoms with E-state index in [9.17, 15) is 9.59 Å². The molecule has 1 amide bonds. The van der Waals surface area contributed by atoms with Gasteiger partial charge in [0, 0.05) is 25.9 Å². The first-order valence-electron chi connectivity index (χ1n) is 9.39. The summed E-state index contributed by atoms with van der Waals surface area (Å²) < 4.78 is 12.2. The van der Waals surface area contributed by atoms with Crippen LogP contribution in [0.2, 0.25) is 0 Å². The van der Waals surface area contributed by atoms with Gasteiger partial charge in [0.2, 0.25) is 0 Å². The van der Waals surface area contributed by atoms with Crippen LogP contribution in [-0.4, -0.2) is 40.2 Å². The molecule has 0 spiro atoms. The number of nitrogens with zero attached hydrogens (tertiary/aromatic N) is 2. The first-order chi connectivity index (χ1) is 14.1. The van der Waals surface area contributed by atoms with Crippen LogP contribution in [-0.2, 0) is 11.3 Å². The lowest BCUT2D eigenvalue weighted by Crippen LogP contribution is -2.42. The second kappa shape index (κ2) is 8.65. The van der Waals surface area contributed by atoms with Crippen molar-refractivity contribution in [3.63, 3.8) is 0 Å². The van der Waals surface area contributed by atoms with Crippen molar-refractivity contribution < 1.29 is 14.3 Å². The Labute approximate surface area is 175 Å². The molecule has 1 fully saturated rings. The van der Waals surface area contributed by atoms with E-state index in [0.29, 0.717) is 42.6 Å². The number of hydrogen-bond acceptors (Lipinski definition) is 5. The summed E-state index contributed by atoms with van der Waals surface area (Å²) >= 11 is 3.48. The number of aromatic amines is 1. The number of rotatable bonds is 4. The lowest BCUT2D eigenvalue weighted by molar-refractivity contribution is 0.0637. The lowest BCUT2D eigenvalue weighted by atomic mass is 10.1. The van der Waals surface area contributed by atoms with E-state index in [1.54, 1.807) is 17.0 Å². The normalized spacial score (nSPS) is 14.7. The van der Waals surface area contributed by atoms with Gasteiger partial charge in [-0.25, -0.2) is 9.78 Å². The Kier molecular flexibility index (Phi) is 5.80. The summed E-state index contributed by atoms with van der Waals surface area (Å²) in [6.07, 6.45) is 2.40. The Hall–Kier alpha value is -2.87. The molecule has 1 aliphatic rings. The summed E-state index contributed by atoms with van der Waals surface area (Å²) in [5, 5.41) is 0.479. The fourth-order valence-corrected chi connectivity index (χ4v) is 3.73. The van der Waals surface area contributed by atoms with Crippen LogP contribution in [0.15, 0.2) is 58.1 Å². The Bertz CT molecular complexity index is 1060. The zero-order chi connectivity index (χ0) is 20.2. The van der Waals surface area contributed by atoms with Crippen molar-refractivity contribution in [2.24, 2.45) is 0 Å². The van der Waals surface area contributed by atoms with Crippen molar-refractivity contribution in [2.75, 3.05) is 13.1 Å². The topological polar surface area (TPSA) is 84.5 Å². The summed E-state index contributed by atoms with van der Waals surface area (Å²) in [5.41, 5.74) is 1.36. The van der Waals surface area contributed by atoms with Gasteiger partial charge in [-0.05, 0) is 33.6 Å². The number of fused-ring (bicyclic) bond motifs is 1. The third kappa shape index (κ3) is 4.59. The minimum atomic E-state index is -0.309. The average Bonchev–Trinajstić information content (AvgIpc) is 2.74. The predicted molar refractivity (Wildman–Crippen MR) is 112 cm³/mol. The first kappa shape index (κ1) is 19.4. The van der Waals surface area contributed by atoms with Gasteiger partial charge in [-0.2, -0.15) is 0 Å². The molecule has 0 saturated carbocycles. The second-order valence-electron chi connectivity index (χ2n) is 6.88. The van der Waals surface area contributed by atoms with E-state index in [2.05, 4.69) is 25.9 Å². The largest absolute Gasteiger partial charge is 0.489 e. The third-order valence-corrected chi connectivity index (χ3v) is 5.51. The third-order valence-electron chi connectivity index (χ3n) is 4.89. The van der Waals surface area contributed by atoms with Gasteiger partial charge in [0.15, 0.2) is 0 Å². The van der Waals surface area contributed by atoms with Crippen molar-refractivity contribution in [1.82, 2.24) is 14.9 Å². The number of H-pyrrole nitrogens is 1. The van der Waals surface area contributed by atoms with E-state index in [4.69, 9.17) is 9.47 Å². The quantitative estimate of drug-likeness (QED) is 0.642. The molecule has 4 rings (SSSR count). The Morgan fingerprint density at radius 3 is 2.72 bits per heavy atom. The smallest absolute Gasteiger partial charge is 0.410 e. The van der Waals surface area contributed by atoms with Crippen LogP contribution in [0.5, 0.6) is 5.75 Å². The molecular formula is C21H20BrN3O4. The molecule has 150 valence electrons. The highest BCUT2D eigenvalue weighted by atomic mass is 79.9. The maximum atomic E-state index is 12.3. The van der Waals surface area contributed by atoms with Gasteiger partial charge in [0.1, 0.15) is 18.5 Å². The number of carbonyl (C=O) groups is 1. The number of halogens is 1. The number of nitrogens with one attached hydrogen (secondary N) is 1. The Morgan fingerprint density at radius 1 is 1.21 bits per heavy atom. The van der Waals surface area contributed by atoms with Crippen LogP contribution in [0.3, 0.4) is 0 Å². The zero-order valence-electron chi connectivity index (χ0n) is 15.6. The molecule has 1 saturated heterocycles. The minimum Gasteiger partial charge on any atom is -0.489 e. The molecule has 2 heterocycles. The van der Waals surface area contributed by atoms with E-state index in [0.717, 1.165) is 10.0 Å². The number of hydrogen-bond donors (Lipinski definition) is 1. The van der Waals surface area contributed by atoms with Crippen molar-refractivity contribution in [1.29, 1.82) is 0 Å². The predicted octanol–water partition coefficient (Wildman–Crippen LogP) is 3.87. The number of likely N-dealkylation sites (tertiary alicyclic amines) is 1. The van der Waals surface area contributed by atoms with E-state index >= 15 is 0 Å². The summed E-state index contributed by atoms with van der Waals surface area (Å²) in [7, 11) is 0. The van der Waals surface area contributed by atoms with E-state index in [1.807, 2.05) is 30.3 Å². The fraction of sp³-hybridized carbons (Fsp3) is 0.286. The number of aromatic nitrogens is 2. The number of benzene rings is 2. The highest BCUT2D eigenvalue weighted by molar-refractivity contribution is 9.10. The second-order valence-corrected chi connectivity index (χ2v) is 7.73. The molecule has 1 N–H and O–H groups in total. The molecule has 0 bridgehead atoms. The molecule has 0 aliphatic carbocycles. The zero-order valence-corrected chi connectivity index (χ0v) is 17.2. The van der Waals surface area contributed by atoms with Gasteiger partial charge >= 0.3 is 6.09 Å². The van der Waals surface area contributed by atoms with Crippen LogP contribution in [0.25, 0.3) is 10.9 Å². The summed E-state index contributed by atoms with van der Waals surface area (Å²) in [5.74, 6) is 0.598. The molecule has 0 atom stereocenters. The molecule has 1 aliphatic heterocycles. The van der Waals surface area contributed by atoms with E-state index < -0.39 is 0 Å². The van der Waals surface area contributed by atoms with Crippen molar-refractivity contribution >= 4 is 32.9 Å².